The van der Waals surface area contributed by atoms with Crippen LogP contribution in [0.25, 0.3) is 0 Å². The summed E-state index contributed by atoms with van der Waals surface area (Å²) in [7, 11) is 0. The Hall–Kier alpha value is -1.47. The predicted molar refractivity (Wildman–Crippen MR) is 76.5 cm³/mol. The Morgan fingerprint density at radius 1 is 0.944 bits per heavy atom. The van der Waals surface area contributed by atoms with E-state index in [2.05, 4.69) is 6.92 Å². The number of ether oxygens (including phenoxy) is 1. The molecule has 2 heteroatoms. The van der Waals surface area contributed by atoms with Gasteiger partial charge in [0.25, 0.3) is 0 Å². The molecule has 0 aliphatic rings. The molecule has 0 saturated heterocycles. The van der Waals surface area contributed by atoms with Crippen molar-refractivity contribution in [1.82, 2.24) is 0 Å². The predicted octanol–water partition coefficient (Wildman–Crippen LogP) is 5.56. The average Bonchev–Trinajstić information content (AvgIpc) is 2.41. The molecule has 0 radical (unpaired) electrons. The Kier molecular flexibility index (Phi) is 4.66. The van der Waals surface area contributed by atoms with Gasteiger partial charge in [-0.2, -0.15) is 0 Å². The van der Waals surface area contributed by atoms with Gasteiger partial charge >= 0.3 is 0 Å². The second-order valence-electron chi connectivity index (χ2n) is 4.24. The van der Waals surface area contributed by atoms with Gasteiger partial charge < -0.3 is 4.74 Å². The molecule has 0 fully saturated rings. The maximum atomic E-state index is 6.28. The van der Waals surface area contributed by atoms with Crippen molar-refractivity contribution in [2.45, 2.75) is 25.1 Å². The van der Waals surface area contributed by atoms with Gasteiger partial charge in [-0.15, -0.1) is 11.6 Å². The van der Waals surface area contributed by atoms with Crippen LogP contribution in [0.4, 0.5) is 0 Å². The van der Waals surface area contributed by atoms with Crippen molar-refractivity contribution in [2.75, 3.05) is 0 Å². The van der Waals surface area contributed by atoms with Crippen LogP contribution in [0, 0.1) is 0 Å². The average molecular weight is 261 g/mol. The zero-order valence-electron chi connectivity index (χ0n) is 10.5. The molecular weight excluding hydrogens is 244 g/mol. The fourth-order valence-electron chi connectivity index (χ4n) is 1.79. The molecular formula is C16H17ClO. The number of hydrogen-bond acceptors (Lipinski definition) is 1. The molecule has 18 heavy (non-hydrogen) atoms. The van der Waals surface area contributed by atoms with Crippen molar-refractivity contribution >= 4 is 11.6 Å². The molecule has 94 valence electrons. The molecule has 0 bridgehead atoms. The number of benzene rings is 2. The monoisotopic (exact) mass is 260 g/mol. The van der Waals surface area contributed by atoms with E-state index in [0.717, 1.165) is 29.9 Å². The number of hydrogen-bond donors (Lipinski definition) is 0. The maximum Gasteiger partial charge on any atom is 0.127 e. The summed E-state index contributed by atoms with van der Waals surface area (Å²) in [5.41, 5.74) is 1.15. The first-order valence-corrected chi connectivity index (χ1v) is 6.70. The zero-order valence-corrected chi connectivity index (χ0v) is 11.2. The van der Waals surface area contributed by atoms with Crippen molar-refractivity contribution in [2.24, 2.45) is 0 Å². The number of rotatable bonds is 5. The highest BCUT2D eigenvalue weighted by Crippen LogP contribution is 2.28. The molecule has 0 amide bonds. The molecule has 0 heterocycles. The fourth-order valence-corrected chi connectivity index (χ4v) is 2.15. The van der Waals surface area contributed by atoms with E-state index in [1.54, 1.807) is 0 Å². The van der Waals surface area contributed by atoms with E-state index in [4.69, 9.17) is 16.3 Å². The molecule has 2 rings (SSSR count). The van der Waals surface area contributed by atoms with E-state index >= 15 is 0 Å². The lowest BCUT2D eigenvalue weighted by atomic mass is 10.1. The van der Waals surface area contributed by atoms with E-state index in [0.29, 0.717) is 0 Å². The summed E-state index contributed by atoms with van der Waals surface area (Å²) in [6.07, 6.45) is 2.09. The van der Waals surface area contributed by atoms with Gasteiger partial charge in [0.2, 0.25) is 0 Å². The molecule has 1 unspecified atom stereocenters. The van der Waals surface area contributed by atoms with Crippen LogP contribution in [0.5, 0.6) is 11.5 Å². The fraction of sp³-hybridized carbons (Fsp3) is 0.250. The van der Waals surface area contributed by atoms with Crippen molar-refractivity contribution in [3.05, 3.63) is 60.2 Å². The topological polar surface area (TPSA) is 9.23 Å². The van der Waals surface area contributed by atoms with Crippen LogP contribution in [-0.2, 0) is 0 Å². The molecule has 0 N–H and O–H groups in total. The number of halogens is 1. The van der Waals surface area contributed by atoms with E-state index in [1.807, 2.05) is 54.6 Å². The summed E-state index contributed by atoms with van der Waals surface area (Å²) in [5.74, 6) is 1.69. The van der Waals surface area contributed by atoms with Gasteiger partial charge in [-0.05, 0) is 36.2 Å². The molecule has 0 spiro atoms. The second kappa shape index (κ2) is 6.46. The first-order chi connectivity index (χ1) is 8.79. The molecule has 0 saturated carbocycles. The number of para-hydroxylation sites is 1. The first kappa shape index (κ1) is 13.0. The summed E-state index contributed by atoms with van der Waals surface area (Å²) in [4.78, 5) is 0. The molecule has 2 aromatic carbocycles. The van der Waals surface area contributed by atoms with Crippen LogP contribution >= 0.6 is 11.6 Å². The Morgan fingerprint density at radius 3 is 2.17 bits per heavy atom. The van der Waals surface area contributed by atoms with Crippen molar-refractivity contribution in [1.29, 1.82) is 0 Å². The van der Waals surface area contributed by atoms with Gasteiger partial charge in [0.1, 0.15) is 11.5 Å². The van der Waals surface area contributed by atoms with Gasteiger partial charge in [0, 0.05) is 0 Å². The normalized spacial score (nSPS) is 12.1. The van der Waals surface area contributed by atoms with E-state index in [1.165, 1.54) is 0 Å². The van der Waals surface area contributed by atoms with Gasteiger partial charge in [-0.25, -0.2) is 0 Å². The highest BCUT2D eigenvalue weighted by Gasteiger charge is 2.06. The van der Waals surface area contributed by atoms with Crippen LogP contribution < -0.4 is 4.74 Å². The minimum atomic E-state index is 0.0979. The largest absolute Gasteiger partial charge is 0.457 e. The zero-order chi connectivity index (χ0) is 12.8. The van der Waals surface area contributed by atoms with Gasteiger partial charge in [-0.1, -0.05) is 43.7 Å². The molecule has 0 aliphatic heterocycles. The van der Waals surface area contributed by atoms with Gasteiger partial charge in [0.15, 0.2) is 0 Å². The third kappa shape index (κ3) is 3.51. The molecule has 1 nitrogen and oxygen atoms in total. The van der Waals surface area contributed by atoms with Crippen LogP contribution in [0.1, 0.15) is 30.7 Å². The molecule has 2 aromatic rings. The lowest BCUT2D eigenvalue weighted by Crippen LogP contribution is -1.90. The summed E-state index contributed by atoms with van der Waals surface area (Å²) < 4.78 is 5.73. The lowest BCUT2D eigenvalue weighted by Gasteiger charge is -2.10. The maximum absolute atomic E-state index is 6.28. The van der Waals surface area contributed by atoms with Crippen LogP contribution in [-0.4, -0.2) is 0 Å². The quantitative estimate of drug-likeness (QED) is 0.640. The minimum Gasteiger partial charge on any atom is -0.457 e. The van der Waals surface area contributed by atoms with Crippen LogP contribution in [0.2, 0.25) is 0 Å². The lowest BCUT2D eigenvalue weighted by molar-refractivity contribution is 0.482. The Balaban J connectivity index is 2.04. The van der Waals surface area contributed by atoms with Crippen molar-refractivity contribution in [3.8, 4) is 11.5 Å². The van der Waals surface area contributed by atoms with Crippen LogP contribution in [0.15, 0.2) is 54.6 Å². The molecule has 0 aliphatic carbocycles. The van der Waals surface area contributed by atoms with E-state index in [9.17, 15) is 0 Å². The minimum absolute atomic E-state index is 0.0979. The van der Waals surface area contributed by atoms with Crippen molar-refractivity contribution < 1.29 is 4.74 Å². The summed E-state index contributed by atoms with van der Waals surface area (Å²) in [5, 5.41) is 0.0979. The van der Waals surface area contributed by atoms with Crippen LogP contribution in [0.3, 0.4) is 0 Å². The second-order valence-corrected chi connectivity index (χ2v) is 4.77. The molecule has 0 aromatic heterocycles. The standard InChI is InChI=1S/C16H17ClO/c1-2-6-16(17)13-9-11-15(12-10-13)18-14-7-4-3-5-8-14/h3-5,7-12,16H,2,6H2,1H3. The number of alkyl halides is 1. The summed E-state index contributed by atoms with van der Waals surface area (Å²) in [6, 6.07) is 17.8. The highest BCUT2D eigenvalue weighted by molar-refractivity contribution is 6.20. The van der Waals surface area contributed by atoms with Gasteiger partial charge in [-0.3, -0.25) is 0 Å². The van der Waals surface area contributed by atoms with Gasteiger partial charge in [0.05, 0.1) is 5.38 Å². The highest BCUT2D eigenvalue weighted by atomic mass is 35.5. The third-order valence-electron chi connectivity index (χ3n) is 2.76. The molecule has 1 atom stereocenters. The smallest absolute Gasteiger partial charge is 0.127 e. The first-order valence-electron chi connectivity index (χ1n) is 6.26. The SMILES string of the molecule is CCCC(Cl)c1ccc(Oc2ccccc2)cc1. The van der Waals surface area contributed by atoms with Crippen molar-refractivity contribution in [3.63, 3.8) is 0 Å². The summed E-state index contributed by atoms with van der Waals surface area (Å²) >= 11 is 6.28. The van der Waals surface area contributed by atoms with E-state index < -0.39 is 0 Å². The Bertz CT molecular complexity index is 464. The third-order valence-corrected chi connectivity index (χ3v) is 3.23. The van der Waals surface area contributed by atoms with E-state index in [-0.39, 0.29) is 5.38 Å². The Morgan fingerprint density at radius 2 is 1.56 bits per heavy atom. The Labute approximate surface area is 113 Å². The summed E-state index contributed by atoms with van der Waals surface area (Å²) in [6.45, 7) is 2.14.